The summed E-state index contributed by atoms with van der Waals surface area (Å²) in [7, 11) is 0. The maximum atomic E-state index is 6.47. The molecule has 104 valence electrons. The Labute approximate surface area is 115 Å². The Morgan fingerprint density at radius 1 is 1.21 bits per heavy atom. The topological polar surface area (TPSA) is 38.5 Å². The summed E-state index contributed by atoms with van der Waals surface area (Å²) in [6.45, 7) is 8.94. The third-order valence-corrected chi connectivity index (χ3v) is 4.69. The molecule has 2 N–H and O–H groups in total. The van der Waals surface area contributed by atoms with Gasteiger partial charge < -0.3 is 10.5 Å². The number of piperidine rings is 1. The minimum absolute atomic E-state index is 0.0193. The van der Waals surface area contributed by atoms with Crippen LogP contribution in [0.25, 0.3) is 0 Å². The highest BCUT2D eigenvalue weighted by Gasteiger charge is 2.49. The minimum Gasteiger partial charge on any atom is -0.485 e. The van der Waals surface area contributed by atoms with E-state index in [4.69, 9.17) is 10.5 Å². The van der Waals surface area contributed by atoms with Crippen LogP contribution in [0.1, 0.15) is 45.2 Å². The van der Waals surface area contributed by atoms with Gasteiger partial charge in [-0.2, -0.15) is 0 Å². The van der Waals surface area contributed by atoms with E-state index in [1.807, 2.05) is 18.2 Å². The van der Waals surface area contributed by atoms with Gasteiger partial charge in [0, 0.05) is 37.0 Å². The first kappa shape index (κ1) is 12.9. The van der Waals surface area contributed by atoms with Crippen molar-refractivity contribution in [3.63, 3.8) is 0 Å². The van der Waals surface area contributed by atoms with Gasteiger partial charge in [0.1, 0.15) is 11.4 Å². The molecule has 0 aromatic heterocycles. The lowest BCUT2D eigenvalue weighted by Crippen LogP contribution is -2.55. The van der Waals surface area contributed by atoms with Crippen LogP contribution in [0.5, 0.6) is 5.75 Å². The number of benzene rings is 1. The Hall–Kier alpha value is -1.06. The molecule has 1 fully saturated rings. The van der Waals surface area contributed by atoms with Crippen LogP contribution >= 0.6 is 0 Å². The van der Waals surface area contributed by atoms with Gasteiger partial charge in [-0.3, -0.25) is 4.90 Å². The predicted octanol–water partition coefficient (Wildman–Crippen LogP) is 2.71. The fraction of sp³-hybridized carbons (Fsp3) is 0.625. The van der Waals surface area contributed by atoms with Gasteiger partial charge >= 0.3 is 0 Å². The minimum atomic E-state index is -0.175. The van der Waals surface area contributed by atoms with Crippen molar-refractivity contribution in [1.29, 1.82) is 0 Å². The SMILES string of the molecule is CC(C)(C)N1CCC2(CC1)Oc1ccccc1[C@H]2N. The average molecular weight is 260 g/mol. The second-order valence-corrected chi connectivity index (χ2v) is 6.84. The number of likely N-dealkylation sites (tertiary alicyclic amines) is 1. The molecule has 3 nitrogen and oxygen atoms in total. The van der Waals surface area contributed by atoms with Crippen LogP contribution < -0.4 is 10.5 Å². The molecule has 2 aliphatic heterocycles. The first-order chi connectivity index (χ1) is 8.92. The molecular weight excluding hydrogens is 236 g/mol. The Morgan fingerprint density at radius 2 is 1.84 bits per heavy atom. The van der Waals surface area contributed by atoms with Gasteiger partial charge in [-0.25, -0.2) is 0 Å². The Balaban J connectivity index is 1.79. The van der Waals surface area contributed by atoms with E-state index >= 15 is 0 Å². The van der Waals surface area contributed by atoms with E-state index in [-0.39, 0.29) is 17.2 Å². The van der Waals surface area contributed by atoms with Crippen molar-refractivity contribution in [3.8, 4) is 5.75 Å². The van der Waals surface area contributed by atoms with E-state index in [1.54, 1.807) is 0 Å². The van der Waals surface area contributed by atoms with Gasteiger partial charge in [0.15, 0.2) is 0 Å². The third-order valence-electron chi connectivity index (χ3n) is 4.69. The molecule has 0 aliphatic carbocycles. The number of ether oxygens (including phenoxy) is 1. The molecular formula is C16H24N2O. The van der Waals surface area contributed by atoms with Crippen molar-refractivity contribution >= 4 is 0 Å². The molecule has 1 spiro atoms. The highest BCUT2D eigenvalue weighted by molar-refractivity contribution is 5.42. The highest BCUT2D eigenvalue weighted by Crippen LogP contribution is 2.47. The van der Waals surface area contributed by atoms with Gasteiger partial charge in [-0.1, -0.05) is 18.2 Å². The van der Waals surface area contributed by atoms with Crippen molar-refractivity contribution in [2.24, 2.45) is 5.73 Å². The van der Waals surface area contributed by atoms with Gasteiger partial charge in [0.25, 0.3) is 0 Å². The summed E-state index contributed by atoms with van der Waals surface area (Å²) in [4.78, 5) is 2.53. The number of rotatable bonds is 0. The molecule has 1 atom stereocenters. The highest BCUT2D eigenvalue weighted by atomic mass is 16.5. The summed E-state index contributed by atoms with van der Waals surface area (Å²) in [5, 5.41) is 0. The van der Waals surface area contributed by atoms with Crippen LogP contribution in [0, 0.1) is 0 Å². The fourth-order valence-electron chi connectivity index (χ4n) is 3.37. The molecule has 0 saturated carbocycles. The van der Waals surface area contributed by atoms with Gasteiger partial charge in [-0.15, -0.1) is 0 Å². The van der Waals surface area contributed by atoms with Crippen molar-refractivity contribution in [3.05, 3.63) is 29.8 Å². The second kappa shape index (κ2) is 4.22. The fourth-order valence-corrected chi connectivity index (χ4v) is 3.37. The van der Waals surface area contributed by atoms with Crippen LogP contribution in [-0.4, -0.2) is 29.1 Å². The molecule has 1 saturated heterocycles. The summed E-state index contributed by atoms with van der Waals surface area (Å²) in [5.74, 6) is 0.985. The largest absolute Gasteiger partial charge is 0.485 e. The van der Waals surface area contributed by atoms with E-state index in [9.17, 15) is 0 Å². The molecule has 0 bridgehead atoms. The van der Waals surface area contributed by atoms with Gasteiger partial charge in [0.2, 0.25) is 0 Å². The standard InChI is InChI=1S/C16H24N2O/c1-15(2,3)18-10-8-16(9-11-18)14(17)12-6-4-5-7-13(12)19-16/h4-7,14H,8-11,17H2,1-3H3/t14-/m1/s1. The van der Waals surface area contributed by atoms with Crippen molar-refractivity contribution in [2.75, 3.05) is 13.1 Å². The first-order valence-electron chi connectivity index (χ1n) is 7.21. The van der Waals surface area contributed by atoms with Crippen molar-refractivity contribution < 1.29 is 4.74 Å². The number of fused-ring (bicyclic) bond motifs is 1. The molecule has 0 radical (unpaired) electrons. The maximum Gasteiger partial charge on any atom is 0.131 e. The molecule has 1 aromatic carbocycles. The Morgan fingerprint density at radius 3 is 2.42 bits per heavy atom. The molecule has 1 aromatic rings. The van der Waals surface area contributed by atoms with Gasteiger partial charge in [0.05, 0.1) is 6.04 Å². The molecule has 0 amide bonds. The molecule has 0 unspecified atom stereocenters. The molecule has 3 rings (SSSR count). The maximum absolute atomic E-state index is 6.47. The lowest BCUT2D eigenvalue weighted by atomic mass is 9.82. The predicted molar refractivity (Wildman–Crippen MR) is 77.3 cm³/mol. The average Bonchev–Trinajstić information content (AvgIpc) is 2.63. The molecule has 19 heavy (non-hydrogen) atoms. The van der Waals surface area contributed by atoms with E-state index in [2.05, 4.69) is 31.7 Å². The summed E-state index contributed by atoms with van der Waals surface area (Å²) >= 11 is 0. The third kappa shape index (κ3) is 2.05. The van der Waals surface area contributed by atoms with Crippen LogP contribution in [-0.2, 0) is 0 Å². The van der Waals surface area contributed by atoms with Crippen LogP contribution in [0.2, 0.25) is 0 Å². The van der Waals surface area contributed by atoms with Crippen molar-refractivity contribution in [1.82, 2.24) is 4.90 Å². The second-order valence-electron chi connectivity index (χ2n) is 6.84. The van der Waals surface area contributed by atoms with Crippen molar-refractivity contribution in [2.45, 2.75) is 50.8 Å². The number of para-hydroxylation sites is 1. The smallest absolute Gasteiger partial charge is 0.131 e. The van der Waals surface area contributed by atoms with E-state index < -0.39 is 0 Å². The Kier molecular flexibility index (Phi) is 2.88. The van der Waals surface area contributed by atoms with Crippen LogP contribution in [0.15, 0.2) is 24.3 Å². The number of nitrogens with two attached hydrogens (primary N) is 1. The van der Waals surface area contributed by atoms with Gasteiger partial charge in [-0.05, 0) is 26.8 Å². The summed E-state index contributed by atoms with van der Waals surface area (Å²) in [6, 6.07) is 8.23. The van der Waals surface area contributed by atoms with Crippen LogP contribution in [0.3, 0.4) is 0 Å². The zero-order chi connectivity index (χ0) is 13.7. The summed E-state index contributed by atoms with van der Waals surface area (Å²) in [5.41, 5.74) is 7.70. The van der Waals surface area contributed by atoms with E-state index in [0.717, 1.165) is 31.7 Å². The summed E-state index contributed by atoms with van der Waals surface area (Å²) < 4.78 is 6.26. The van der Waals surface area contributed by atoms with Crippen LogP contribution in [0.4, 0.5) is 0 Å². The van der Waals surface area contributed by atoms with E-state index in [0.29, 0.717) is 0 Å². The number of nitrogens with zero attached hydrogens (tertiary/aromatic N) is 1. The monoisotopic (exact) mass is 260 g/mol. The Bertz CT molecular complexity index is 470. The summed E-state index contributed by atoms with van der Waals surface area (Å²) in [6.07, 6.45) is 2.03. The number of hydrogen-bond acceptors (Lipinski definition) is 3. The lowest BCUT2D eigenvalue weighted by Gasteiger charge is -2.46. The molecule has 2 aliphatic rings. The lowest BCUT2D eigenvalue weighted by molar-refractivity contribution is -0.0237. The van der Waals surface area contributed by atoms with E-state index in [1.165, 1.54) is 5.56 Å². The number of hydrogen-bond donors (Lipinski definition) is 1. The first-order valence-corrected chi connectivity index (χ1v) is 7.21. The molecule has 3 heteroatoms. The zero-order valence-corrected chi connectivity index (χ0v) is 12.1. The normalized spacial score (nSPS) is 26.2. The molecule has 2 heterocycles. The zero-order valence-electron chi connectivity index (χ0n) is 12.1. The quantitative estimate of drug-likeness (QED) is 0.779.